The van der Waals surface area contributed by atoms with Gasteiger partial charge in [-0.15, -0.1) is 0 Å². The molecule has 1 aromatic carbocycles. The summed E-state index contributed by atoms with van der Waals surface area (Å²) in [5.41, 5.74) is 1.31. The molecule has 4 nitrogen and oxygen atoms in total. The van der Waals surface area contributed by atoms with Gasteiger partial charge in [-0.1, -0.05) is 13.0 Å². The van der Waals surface area contributed by atoms with Gasteiger partial charge in [0.2, 0.25) is 0 Å². The summed E-state index contributed by atoms with van der Waals surface area (Å²) in [5, 5.41) is 18.2. The van der Waals surface area contributed by atoms with E-state index in [1.54, 1.807) is 18.2 Å². The fraction of sp³-hybridized carbons (Fsp3) is 0.417. The van der Waals surface area contributed by atoms with Crippen molar-refractivity contribution >= 4 is 5.97 Å². The van der Waals surface area contributed by atoms with E-state index in [0.717, 1.165) is 0 Å². The molecular formula is C12H16O4. The van der Waals surface area contributed by atoms with Crippen molar-refractivity contribution in [3.8, 4) is 5.75 Å². The molecule has 4 heteroatoms. The fourth-order valence-corrected chi connectivity index (χ4v) is 1.69. The number of aliphatic hydroxyl groups is 1. The van der Waals surface area contributed by atoms with Gasteiger partial charge in [0.15, 0.2) is 0 Å². The second-order valence-electron chi connectivity index (χ2n) is 3.53. The summed E-state index contributed by atoms with van der Waals surface area (Å²) in [6, 6.07) is 5.09. The van der Waals surface area contributed by atoms with Crippen molar-refractivity contribution in [2.45, 2.75) is 25.9 Å². The van der Waals surface area contributed by atoms with Crippen molar-refractivity contribution in [3.05, 3.63) is 29.3 Å². The molecule has 0 aliphatic carbocycles. The molecule has 1 aromatic rings. The number of aliphatic hydroxyl groups excluding tert-OH is 1. The number of carboxylic acids is 1. The van der Waals surface area contributed by atoms with Gasteiger partial charge in [-0.2, -0.15) is 0 Å². The molecule has 0 radical (unpaired) electrons. The number of aliphatic carboxylic acids is 1. The maximum absolute atomic E-state index is 11.0. The molecule has 1 atom stereocenters. The van der Waals surface area contributed by atoms with E-state index in [0.29, 0.717) is 23.3 Å². The zero-order valence-electron chi connectivity index (χ0n) is 9.43. The Morgan fingerprint density at radius 2 is 2.19 bits per heavy atom. The maximum atomic E-state index is 11.0. The molecule has 0 amide bonds. The lowest BCUT2D eigenvalue weighted by molar-refractivity contribution is -0.138. The van der Waals surface area contributed by atoms with Crippen LogP contribution in [0.3, 0.4) is 0 Å². The quantitative estimate of drug-likeness (QED) is 0.799. The lowest BCUT2D eigenvalue weighted by Gasteiger charge is -2.13. The predicted octanol–water partition coefficient (Wildman–Crippen LogP) is 1.77. The summed E-state index contributed by atoms with van der Waals surface area (Å²) in [6.45, 7) is 1.66. The molecule has 1 rings (SSSR count). The Labute approximate surface area is 94.5 Å². The highest BCUT2D eigenvalue weighted by atomic mass is 16.5. The Balaban J connectivity index is 3.11. The first-order valence-corrected chi connectivity index (χ1v) is 5.14. The highest BCUT2D eigenvalue weighted by Crippen LogP contribution is 2.26. The Bertz CT molecular complexity index is 373. The van der Waals surface area contributed by atoms with Crippen molar-refractivity contribution in [1.82, 2.24) is 0 Å². The minimum Gasteiger partial charge on any atom is -0.496 e. The van der Waals surface area contributed by atoms with Crippen molar-refractivity contribution in [2.75, 3.05) is 7.11 Å². The molecule has 0 saturated heterocycles. The van der Waals surface area contributed by atoms with Gasteiger partial charge in [-0.05, 0) is 24.1 Å². The normalized spacial score (nSPS) is 12.2. The van der Waals surface area contributed by atoms with Gasteiger partial charge in [-0.3, -0.25) is 4.79 Å². The summed E-state index contributed by atoms with van der Waals surface area (Å²) < 4.78 is 5.06. The SMILES string of the molecule is CCC(C(=O)O)c1ccc(OC)c(CO)c1. The van der Waals surface area contributed by atoms with Gasteiger partial charge in [0.05, 0.1) is 19.6 Å². The lowest BCUT2D eigenvalue weighted by atomic mass is 9.95. The van der Waals surface area contributed by atoms with E-state index in [1.807, 2.05) is 6.92 Å². The highest BCUT2D eigenvalue weighted by Gasteiger charge is 2.18. The monoisotopic (exact) mass is 224 g/mol. The van der Waals surface area contributed by atoms with Gasteiger partial charge in [0, 0.05) is 5.56 Å². The maximum Gasteiger partial charge on any atom is 0.310 e. The first-order valence-electron chi connectivity index (χ1n) is 5.14. The average Bonchev–Trinajstić information content (AvgIpc) is 2.29. The van der Waals surface area contributed by atoms with Crippen LogP contribution < -0.4 is 4.74 Å². The van der Waals surface area contributed by atoms with E-state index in [4.69, 9.17) is 14.9 Å². The van der Waals surface area contributed by atoms with Crippen LogP contribution in [0.15, 0.2) is 18.2 Å². The summed E-state index contributed by atoms with van der Waals surface area (Å²) in [7, 11) is 1.52. The minimum atomic E-state index is -0.850. The van der Waals surface area contributed by atoms with Gasteiger partial charge in [0.1, 0.15) is 5.75 Å². The van der Waals surface area contributed by atoms with E-state index < -0.39 is 11.9 Å². The molecular weight excluding hydrogens is 208 g/mol. The fourth-order valence-electron chi connectivity index (χ4n) is 1.69. The number of carboxylic acid groups (broad SMARTS) is 1. The molecule has 88 valence electrons. The lowest BCUT2D eigenvalue weighted by Crippen LogP contribution is -2.11. The third-order valence-corrected chi connectivity index (χ3v) is 2.58. The van der Waals surface area contributed by atoms with Crippen LogP contribution in [0.4, 0.5) is 0 Å². The first kappa shape index (κ1) is 12.5. The number of benzene rings is 1. The molecule has 0 bridgehead atoms. The zero-order valence-corrected chi connectivity index (χ0v) is 9.43. The van der Waals surface area contributed by atoms with Crippen LogP contribution in [-0.2, 0) is 11.4 Å². The van der Waals surface area contributed by atoms with Crippen LogP contribution in [0, 0.1) is 0 Å². The molecule has 1 unspecified atom stereocenters. The van der Waals surface area contributed by atoms with Crippen molar-refractivity contribution in [2.24, 2.45) is 0 Å². The predicted molar refractivity (Wildman–Crippen MR) is 59.6 cm³/mol. The third-order valence-electron chi connectivity index (χ3n) is 2.58. The number of carbonyl (C=O) groups is 1. The second-order valence-corrected chi connectivity index (χ2v) is 3.53. The number of rotatable bonds is 5. The Kier molecular flexibility index (Phi) is 4.31. The van der Waals surface area contributed by atoms with Crippen molar-refractivity contribution in [3.63, 3.8) is 0 Å². The third kappa shape index (κ3) is 2.52. The molecule has 0 saturated carbocycles. The molecule has 0 spiro atoms. The standard InChI is InChI=1S/C12H16O4/c1-3-10(12(14)15)8-4-5-11(16-2)9(6-8)7-13/h4-6,10,13H,3,7H2,1-2H3,(H,14,15). The van der Waals surface area contributed by atoms with Crippen molar-refractivity contribution in [1.29, 1.82) is 0 Å². The van der Waals surface area contributed by atoms with E-state index in [1.165, 1.54) is 7.11 Å². The number of ether oxygens (including phenoxy) is 1. The van der Waals surface area contributed by atoms with E-state index in [2.05, 4.69) is 0 Å². The van der Waals surface area contributed by atoms with E-state index >= 15 is 0 Å². The summed E-state index contributed by atoms with van der Waals surface area (Å²) in [5.74, 6) is -0.806. The second kappa shape index (κ2) is 5.51. The number of methoxy groups -OCH3 is 1. The molecule has 2 N–H and O–H groups in total. The summed E-state index contributed by atoms with van der Waals surface area (Å²) in [6.07, 6.45) is 0.520. The van der Waals surface area contributed by atoms with E-state index in [-0.39, 0.29) is 6.61 Å². The molecule has 0 heterocycles. The summed E-state index contributed by atoms with van der Waals surface area (Å²) >= 11 is 0. The zero-order chi connectivity index (χ0) is 12.1. The molecule has 0 aromatic heterocycles. The topological polar surface area (TPSA) is 66.8 Å². The largest absolute Gasteiger partial charge is 0.496 e. The molecule has 0 aliphatic rings. The van der Waals surface area contributed by atoms with Crippen molar-refractivity contribution < 1.29 is 19.7 Å². The first-order chi connectivity index (χ1) is 7.63. The van der Waals surface area contributed by atoms with E-state index in [9.17, 15) is 4.79 Å². The van der Waals surface area contributed by atoms with Crippen LogP contribution in [-0.4, -0.2) is 23.3 Å². The van der Waals surface area contributed by atoms with Crippen LogP contribution in [0.1, 0.15) is 30.4 Å². The Morgan fingerprint density at radius 3 is 2.62 bits per heavy atom. The van der Waals surface area contributed by atoms with Crippen LogP contribution >= 0.6 is 0 Å². The summed E-state index contributed by atoms with van der Waals surface area (Å²) in [4.78, 5) is 11.0. The number of hydrogen-bond donors (Lipinski definition) is 2. The highest BCUT2D eigenvalue weighted by molar-refractivity contribution is 5.76. The minimum absolute atomic E-state index is 0.160. The Morgan fingerprint density at radius 1 is 1.50 bits per heavy atom. The van der Waals surface area contributed by atoms with Gasteiger partial charge < -0.3 is 14.9 Å². The van der Waals surface area contributed by atoms with Gasteiger partial charge in [0.25, 0.3) is 0 Å². The number of hydrogen-bond acceptors (Lipinski definition) is 3. The van der Waals surface area contributed by atoms with Crippen LogP contribution in [0.2, 0.25) is 0 Å². The molecule has 0 fully saturated rings. The van der Waals surface area contributed by atoms with Crippen LogP contribution in [0.25, 0.3) is 0 Å². The van der Waals surface area contributed by atoms with Gasteiger partial charge >= 0.3 is 5.97 Å². The molecule has 0 aliphatic heterocycles. The average molecular weight is 224 g/mol. The van der Waals surface area contributed by atoms with Crippen LogP contribution in [0.5, 0.6) is 5.75 Å². The Hall–Kier alpha value is -1.55. The van der Waals surface area contributed by atoms with Gasteiger partial charge in [-0.25, -0.2) is 0 Å². The molecule has 16 heavy (non-hydrogen) atoms. The smallest absolute Gasteiger partial charge is 0.310 e.